The summed E-state index contributed by atoms with van der Waals surface area (Å²) in [4.78, 5) is 12.7. The molecule has 0 fully saturated rings. The van der Waals surface area contributed by atoms with E-state index < -0.39 is 27.8 Å². The van der Waals surface area contributed by atoms with Crippen LogP contribution in [0.25, 0.3) is 0 Å². The van der Waals surface area contributed by atoms with Crippen molar-refractivity contribution in [1.82, 2.24) is 4.98 Å². The van der Waals surface area contributed by atoms with Crippen molar-refractivity contribution < 1.29 is 13.7 Å². The number of nitro groups is 1. The van der Waals surface area contributed by atoms with Gasteiger partial charge in [-0.25, -0.2) is 13.8 Å². The van der Waals surface area contributed by atoms with Gasteiger partial charge in [0.15, 0.2) is 0 Å². The van der Waals surface area contributed by atoms with Gasteiger partial charge < -0.3 is 0 Å². The van der Waals surface area contributed by atoms with Gasteiger partial charge in [0.05, 0.1) is 4.92 Å². The maximum absolute atomic E-state index is 12.2. The van der Waals surface area contributed by atoms with Gasteiger partial charge in [-0.1, -0.05) is 11.6 Å². The lowest BCUT2D eigenvalue weighted by Crippen LogP contribution is -1.98. The van der Waals surface area contributed by atoms with Crippen LogP contribution in [0.15, 0.2) is 12.3 Å². The fraction of sp³-hybridized carbons (Fsp3) is 0.167. The Kier molecular flexibility index (Phi) is 2.72. The Balaban J connectivity index is 3.34. The molecule has 0 spiro atoms. The zero-order valence-corrected chi connectivity index (χ0v) is 6.83. The highest BCUT2D eigenvalue weighted by molar-refractivity contribution is 6.30. The fourth-order valence-electron chi connectivity index (χ4n) is 0.799. The number of hydrogen-bond acceptors (Lipinski definition) is 3. The molecular weight excluding hydrogens is 206 g/mol. The Morgan fingerprint density at radius 2 is 2.23 bits per heavy atom. The lowest BCUT2D eigenvalue weighted by molar-refractivity contribution is -0.386. The van der Waals surface area contributed by atoms with E-state index in [-0.39, 0.29) is 0 Å². The number of rotatable bonds is 2. The van der Waals surface area contributed by atoms with Crippen LogP contribution in [0.5, 0.6) is 0 Å². The molecule has 0 saturated carbocycles. The minimum atomic E-state index is -3.00. The van der Waals surface area contributed by atoms with E-state index in [1.807, 2.05) is 0 Å². The highest BCUT2D eigenvalue weighted by Gasteiger charge is 2.25. The molecule has 4 nitrogen and oxygen atoms in total. The first-order chi connectivity index (χ1) is 6.04. The molecule has 0 saturated heterocycles. The normalized spacial score (nSPS) is 10.5. The van der Waals surface area contributed by atoms with Crippen molar-refractivity contribution in [2.45, 2.75) is 6.43 Å². The first kappa shape index (κ1) is 9.79. The van der Waals surface area contributed by atoms with Gasteiger partial charge in [-0.05, 0) is 0 Å². The molecule has 0 aliphatic rings. The van der Waals surface area contributed by atoms with Crippen LogP contribution in [0, 0.1) is 10.1 Å². The van der Waals surface area contributed by atoms with Crippen molar-refractivity contribution in [3.63, 3.8) is 0 Å². The molecule has 0 atom stereocenters. The number of alkyl halides is 2. The maximum Gasteiger partial charge on any atom is 0.282 e. The van der Waals surface area contributed by atoms with Gasteiger partial charge in [0, 0.05) is 12.3 Å². The third-order valence-electron chi connectivity index (χ3n) is 1.33. The van der Waals surface area contributed by atoms with Crippen molar-refractivity contribution in [3.05, 3.63) is 33.1 Å². The van der Waals surface area contributed by atoms with E-state index in [1.165, 1.54) is 0 Å². The summed E-state index contributed by atoms with van der Waals surface area (Å²) in [5.74, 6) is 0. The molecule has 0 unspecified atom stereocenters. The topological polar surface area (TPSA) is 56.0 Å². The fourth-order valence-corrected chi connectivity index (χ4v) is 1.03. The molecular formula is C6H3ClF2N2O2. The summed E-state index contributed by atoms with van der Waals surface area (Å²) in [5, 5.41) is 9.73. The average molecular weight is 209 g/mol. The van der Waals surface area contributed by atoms with Crippen LogP contribution in [-0.2, 0) is 0 Å². The molecule has 7 heteroatoms. The number of nitrogens with zero attached hydrogens (tertiary/aromatic N) is 2. The van der Waals surface area contributed by atoms with Gasteiger partial charge in [-0.15, -0.1) is 0 Å². The Morgan fingerprint density at radius 3 is 2.62 bits per heavy atom. The van der Waals surface area contributed by atoms with E-state index in [2.05, 4.69) is 4.98 Å². The molecule has 0 N–H and O–H groups in total. The van der Waals surface area contributed by atoms with Crippen molar-refractivity contribution in [2.24, 2.45) is 0 Å². The van der Waals surface area contributed by atoms with Crippen molar-refractivity contribution in [3.8, 4) is 0 Å². The minimum Gasteiger partial charge on any atom is -0.258 e. The zero-order chi connectivity index (χ0) is 10.0. The third kappa shape index (κ3) is 1.89. The summed E-state index contributed by atoms with van der Waals surface area (Å²) in [7, 11) is 0. The average Bonchev–Trinajstić information content (AvgIpc) is 2.02. The smallest absolute Gasteiger partial charge is 0.258 e. The molecule has 1 rings (SSSR count). The number of halogens is 3. The SMILES string of the molecule is O=[N+]([O-])c1ccnc(Cl)c1C(F)F. The van der Waals surface area contributed by atoms with E-state index in [1.54, 1.807) is 0 Å². The second-order valence-corrected chi connectivity index (χ2v) is 2.45. The predicted octanol–water partition coefficient (Wildman–Crippen LogP) is 2.58. The predicted molar refractivity (Wildman–Crippen MR) is 40.9 cm³/mol. The Labute approximate surface area is 76.3 Å². The van der Waals surface area contributed by atoms with Crippen molar-refractivity contribution >= 4 is 17.3 Å². The van der Waals surface area contributed by atoms with Crippen LogP contribution >= 0.6 is 11.6 Å². The highest BCUT2D eigenvalue weighted by atomic mass is 35.5. The van der Waals surface area contributed by atoms with Crippen LogP contribution in [0.3, 0.4) is 0 Å². The summed E-state index contributed by atoms with van der Waals surface area (Å²) in [6.45, 7) is 0. The molecule has 70 valence electrons. The van der Waals surface area contributed by atoms with E-state index >= 15 is 0 Å². The summed E-state index contributed by atoms with van der Waals surface area (Å²) >= 11 is 5.27. The molecule has 0 aliphatic heterocycles. The number of pyridine rings is 1. The lowest BCUT2D eigenvalue weighted by atomic mass is 10.2. The molecule has 1 aromatic rings. The van der Waals surface area contributed by atoms with E-state index in [0.717, 1.165) is 12.3 Å². The van der Waals surface area contributed by atoms with Crippen LogP contribution in [0.4, 0.5) is 14.5 Å². The Hall–Kier alpha value is -1.30. The standard InChI is InChI=1S/C6H3ClF2N2O2/c7-5-4(6(8)9)3(11(12)13)1-2-10-5/h1-2,6H. The Bertz CT molecular complexity index is 345. The van der Waals surface area contributed by atoms with E-state index in [9.17, 15) is 18.9 Å². The van der Waals surface area contributed by atoms with Gasteiger partial charge >= 0.3 is 0 Å². The van der Waals surface area contributed by atoms with Gasteiger partial charge in [0.25, 0.3) is 12.1 Å². The molecule has 13 heavy (non-hydrogen) atoms. The summed E-state index contributed by atoms with van der Waals surface area (Å²) < 4.78 is 24.4. The summed E-state index contributed by atoms with van der Waals surface area (Å²) in [6, 6.07) is 0.882. The maximum atomic E-state index is 12.2. The third-order valence-corrected chi connectivity index (χ3v) is 1.63. The monoisotopic (exact) mass is 208 g/mol. The largest absolute Gasteiger partial charge is 0.282 e. The van der Waals surface area contributed by atoms with Crippen LogP contribution in [0.2, 0.25) is 5.15 Å². The zero-order valence-electron chi connectivity index (χ0n) is 6.08. The number of hydrogen-bond donors (Lipinski definition) is 0. The van der Waals surface area contributed by atoms with Gasteiger partial charge in [-0.2, -0.15) is 0 Å². The van der Waals surface area contributed by atoms with E-state index in [4.69, 9.17) is 11.6 Å². The Morgan fingerprint density at radius 1 is 1.62 bits per heavy atom. The number of aromatic nitrogens is 1. The van der Waals surface area contributed by atoms with Crippen LogP contribution in [-0.4, -0.2) is 9.91 Å². The molecule has 0 aliphatic carbocycles. The van der Waals surface area contributed by atoms with Crippen LogP contribution < -0.4 is 0 Å². The quantitative estimate of drug-likeness (QED) is 0.426. The summed E-state index contributed by atoms with van der Waals surface area (Å²) in [6.07, 6.45) is -1.99. The van der Waals surface area contributed by atoms with Gasteiger partial charge in [0.1, 0.15) is 10.7 Å². The first-order valence-corrected chi connectivity index (χ1v) is 3.48. The van der Waals surface area contributed by atoms with E-state index in [0.29, 0.717) is 0 Å². The molecule has 0 bridgehead atoms. The highest BCUT2D eigenvalue weighted by Crippen LogP contribution is 2.32. The molecule has 1 heterocycles. The van der Waals surface area contributed by atoms with Crippen molar-refractivity contribution in [2.75, 3.05) is 0 Å². The van der Waals surface area contributed by atoms with Crippen LogP contribution in [0.1, 0.15) is 12.0 Å². The second-order valence-electron chi connectivity index (χ2n) is 2.09. The molecule has 1 aromatic heterocycles. The summed E-state index contributed by atoms with van der Waals surface area (Å²) in [5.41, 5.74) is -1.55. The molecule has 0 amide bonds. The lowest BCUT2D eigenvalue weighted by Gasteiger charge is -2.01. The van der Waals surface area contributed by atoms with Gasteiger partial charge in [0.2, 0.25) is 0 Å². The minimum absolute atomic E-state index is 0.538. The molecule has 0 aromatic carbocycles. The van der Waals surface area contributed by atoms with Gasteiger partial charge in [-0.3, -0.25) is 10.1 Å². The first-order valence-electron chi connectivity index (χ1n) is 3.11. The molecule has 0 radical (unpaired) electrons. The van der Waals surface area contributed by atoms with Crippen molar-refractivity contribution in [1.29, 1.82) is 0 Å². The second kappa shape index (κ2) is 3.61.